The Morgan fingerprint density at radius 1 is 1.15 bits per heavy atom. The number of anilines is 1. The first-order chi connectivity index (χ1) is 12.9. The number of hydrogen-bond acceptors (Lipinski definition) is 5. The lowest BCUT2D eigenvalue weighted by molar-refractivity contribution is -0.126. The molecule has 0 spiro atoms. The third-order valence-electron chi connectivity index (χ3n) is 4.14. The Hall–Kier alpha value is -2.67. The molecule has 0 radical (unpaired) electrons. The molecule has 7 heteroatoms. The average molecular weight is 384 g/mol. The summed E-state index contributed by atoms with van der Waals surface area (Å²) < 4.78 is 13.1. The molecule has 1 aliphatic rings. The number of carbonyl (C=O) groups excluding carboxylic acids is 1. The van der Waals surface area contributed by atoms with E-state index in [9.17, 15) is 9.18 Å². The number of amides is 1. The van der Waals surface area contributed by atoms with E-state index >= 15 is 0 Å². The van der Waals surface area contributed by atoms with E-state index in [2.05, 4.69) is 10.2 Å². The average Bonchev–Trinajstić information content (AvgIpc) is 2.91. The number of benzene rings is 2. The predicted molar refractivity (Wildman–Crippen MR) is 110 cm³/mol. The van der Waals surface area contributed by atoms with Crippen molar-refractivity contribution in [3.63, 3.8) is 0 Å². The number of nitrogens with zero attached hydrogens (tertiary/aromatic N) is 4. The van der Waals surface area contributed by atoms with E-state index in [1.807, 2.05) is 50.2 Å². The molecular formula is C20H21FN4OS. The maximum absolute atomic E-state index is 13.1. The summed E-state index contributed by atoms with van der Waals surface area (Å²) in [5, 5.41) is 8.73. The Morgan fingerprint density at radius 3 is 2.44 bits per heavy atom. The number of halogens is 1. The SMILES string of the molecule is CC1S/C(=N\N=C\c2ccc(N(C)C)cc2)N(Cc2ccc(F)cc2)C1=O. The first-order valence-corrected chi connectivity index (χ1v) is 9.43. The smallest absolute Gasteiger partial charge is 0.242 e. The Bertz CT molecular complexity index is 863. The van der Waals surface area contributed by atoms with Crippen LogP contribution in [0.1, 0.15) is 18.1 Å². The van der Waals surface area contributed by atoms with Gasteiger partial charge in [0.1, 0.15) is 5.82 Å². The maximum atomic E-state index is 13.1. The molecule has 2 aromatic carbocycles. The summed E-state index contributed by atoms with van der Waals surface area (Å²) in [4.78, 5) is 16.0. The largest absolute Gasteiger partial charge is 0.378 e. The Kier molecular flexibility index (Phi) is 5.91. The lowest BCUT2D eigenvalue weighted by Crippen LogP contribution is -2.30. The van der Waals surface area contributed by atoms with Crippen molar-refractivity contribution < 1.29 is 9.18 Å². The second-order valence-electron chi connectivity index (χ2n) is 6.42. The van der Waals surface area contributed by atoms with Crippen molar-refractivity contribution in [2.75, 3.05) is 19.0 Å². The summed E-state index contributed by atoms with van der Waals surface area (Å²) in [5.74, 6) is -0.318. The molecule has 1 heterocycles. The topological polar surface area (TPSA) is 48.3 Å². The minimum absolute atomic E-state index is 0.0198. The summed E-state index contributed by atoms with van der Waals surface area (Å²) in [5.41, 5.74) is 2.88. The zero-order valence-electron chi connectivity index (χ0n) is 15.5. The molecular weight excluding hydrogens is 363 g/mol. The van der Waals surface area contributed by atoms with E-state index in [1.165, 1.54) is 23.9 Å². The minimum atomic E-state index is -0.298. The van der Waals surface area contributed by atoms with Crippen LogP contribution in [0.3, 0.4) is 0 Å². The van der Waals surface area contributed by atoms with Crippen LogP contribution in [0.15, 0.2) is 58.7 Å². The fourth-order valence-electron chi connectivity index (χ4n) is 2.58. The molecule has 1 aliphatic heterocycles. The normalized spacial score (nSPS) is 18.7. The third-order valence-corrected chi connectivity index (χ3v) is 5.21. The van der Waals surface area contributed by atoms with Crippen molar-refractivity contribution in [1.82, 2.24) is 4.90 Å². The van der Waals surface area contributed by atoms with Gasteiger partial charge in [0.2, 0.25) is 5.91 Å². The van der Waals surface area contributed by atoms with Crippen LogP contribution in [0.5, 0.6) is 0 Å². The van der Waals surface area contributed by atoms with Gasteiger partial charge in [-0.3, -0.25) is 9.69 Å². The molecule has 1 fully saturated rings. The Balaban J connectivity index is 1.74. The van der Waals surface area contributed by atoms with Gasteiger partial charge < -0.3 is 4.90 Å². The molecule has 2 aromatic rings. The van der Waals surface area contributed by atoms with Gasteiger partial charge in [0, 0.05) is 19.8 Å². The number of carbonyl (C=O) groups is 1. The van der Waals surface area contributed by atoms with Crippen molar-refractivity contribution >= 4 is 34.7 Å². The Labute approximate surface area is 162 Å². The number of amidine groups is 1. The Morgan fingerprint density at radius 2 is 1.81 bits per heavy atom. The number of hydrogen-bond donors (Lipinski definition) is 0. The summed E-state index contributed by atoms with van der Waals surface area (Å²) in [6.45, 7) is 2.19. The van der Waals surface area contributed by atoms with Gasteiger partial charge in [-0.2, -0.15) is 5.10 Å². The molecule has 1 amide bonds. The van der Waals surface area contributed by atoms with Crippen LogP contribution in [0.4, 0.5) is 10.1 Å². The molecule has 5 nitrogen and oxygen atoms in total. The van der Waals surface area contributed by atoms with E-state index < -0.39 is 0 Å². The summed E-state index contributed by atoms with van der Waals surface area (Å²) in [6, 6.07) is 14.1. The highest BCUT2D eigenvalue weighted by Gasteiger charge is 2.35. The van der Waals surface area contributed by atoms with Crippen LogP contribution in [-0.2, 0) is 11.3 Å². The molecule has 1 saturated heterocycles. The van der Waals surface area contributed by atoms with E-state index in [-0.39, 0.29) is 17.0 Å². The molecule has 0 aliphatic carbocycles. The molecule has 1 atom stereocenters. The monoisotopic (exact) mass is 384 g/mol. The highest BCUT2D eigenvalue weighted by atomic mass is 32.2. The standard InChI is InChI=1S/C20H21FN4OS/c1-14-19(26)25(13-16-4-8-17(21)9-5-16)20(27-14)23-22-12-15-6-10-18(11-7-15)24(2)3/h4-12,14H,13H2,1-3H3/b22-12+,23-20-. The summed E-state index contributed by atoms with van der Waals surface area (Å²) in [6.07, 6.45) is 1.66. The van der Waals surface area contributed by atoms with Crippen LogP contribution in [0.25, 0.3) is 0 Å². The maximum Gasteiger partial charge on any atom is 0.242 e. The van der Waals surface area contributed by atoms with Crippen molar-refractivity contribution in [3.05, 3.63) is 65.5 Å². The van der Waals surface area contributed by atoms with Gasteiger partial charge in [-0.25, -0.2) is 4.39 Å². The van der Waals surface area contributed by atoms with Crippen LogP contribution in [0, 0.1) is 5.82 Å². The second-order valence-corrected chi connectivity index (χ2v) is 7.73. The fourth-order valence-corrected chi connectivity index (χ4v) is 3.51. The number of rotatable bonds is 5. The van der Waals surface area contributed by atoms with Crippen LogP contribution in [0.2, 0.25) is 0 Å². The van der Waals surface area contributed by atoms with Gasteiger partial charge in [0.05, 0.1) is 18.0 Å². The van der Waals surface area contributed by atoms with E-state index in [4.69, 9.17) is 0 Å². The van der Waals surface area contributed by atoms with Crippen molar-refractivity contribution in [1.29, 1.82) is 0 Å². The quantitative estimate of drug-likeness (QED) is 0.583. The zero-order valence-corrected chi connectivity index (χ0v) is 16.3. The second kappa shape index (κ2) is 8.35. The third kappa shape index (κ3) is 4.74. The molecule has 3 rings (SSSR count). The summed E-state index contributed by atoms with van der Waals surface area (Å²) >= 11 is 1.38. The van der Waals surface area contributed by atoms with Crippen molar-refractivity contribution in [3.8, 4) is 0 Å². The number of thioether (sulfide) groups is 1. The highest BCUT2D eigenvalue weighted by molar-refractivity contribution is 8.15. The van der Waals surface area contributed by atoms with Gasteiger partial charge in [-0.05, 0) is 42.3 Å². The molecule has 140 valence electrons. The van der Waals surface area contributed by atoms with Crippen LogP contribution >= 0.6 is 11.8 Å². The van der Waals surface area contributed by atoms with Gasteiger partial charge in [-0.15, -0.1) is 5.10 Å². The summed E-state index contributed by atoms with van der Waals surface area (Å²) in [7, 11) is 3.97. The molecule has 0 saturated carbocycles. The lowest BCUT2D eigenvalue weighted by atomic mass is 10.2. The molecule has 0 bridgehead atoms. The first kappa shape index (κ1) is 19.1. The van der Waals surface area contributed by atoms with Gasteiger partial charge in [0.15, 0.2) is 5.17 Å². The predicted octanol–water partition coefficient (Wildman–Crippen LogP) is 3.75. The van der Waals surface area contributed by atoms with E-state index in [1.54, 1.807) is 23.2 Å². The zero-order chi connectivity index (χ0) is 19.4. The highest BCUT2D eigenvalue weighted by Crippen LogP contribution is 2.28. The molecule has 0 N–H and O–H groups in total. The van der Waals surface area contributed by atoms with Gasteiger partial charge >= 0.3 is 0 Å². The lowest BCUT2D eigenvalue weighted by Gasteiger charge is -2.15. The molecule has 1 unspecified atom stereocenters. The minimum Gasteiger partial charge on any atom is -0.378 e. The van der Waals surface area contributed by atoms with Crippen molar-refractivity contribution in [2.45, 2.75) is 18.7 Å². The van der Waals surface area contributed by atoms with E-state index in [0.717, 1.165) is 16.8 Å². The molecule has 27 heavy (non-hydrogen) atoms. The van der Waals surface area contributed by atoms with Crippen LogP contribution in [-0.4, -0.2) is 41.5 Å². The van der Waals surface area contributed by atoms with E-state index in [0.29, 0.717) is 11.7 Å². The van der Waals surface area contributed by atoms with Crippen molar-refractivity contribution in [2.24, 2.45) is 10.2 Å². The first-order valence-electron chi connectivity index (χ1n) is 8.55. The van der Waals surface area contributed by atoms with Gasteiger partial charge in [-0.1, -0.05) is 36.0 Å². The van der Waals surface area contributed by atoms with Crippen LogP contribution < -0.4 is 4.90 Å². The van der Waals surface area contributed by atoms with Gasteiger partial charge in [0.25, 0.3) is 0 Å². The fraction of sp³-hybridized carbons (Fsp3) is 0.250. The molecule has 0 aromatic heterocycles.